The van der Waals surface area contributed by atoms with E-state index < -0.39 is 17.7 Å². The van der Waals surface area contributed by atoms with Crippen LogP contribution >= 0.6 is 22.9 Å². The van der Waals surface area contributed by atoms with Crippen molar-refractivity contribution in [2.24, 2.45) is 0 Å². The van der Waals surface area contributed by atoms with Crippen LogP contribution in [0, 0.1) is 0 Å². The van der Waals surface area contributed by atoms with E-state index in [0.717, 1.165) is 10.4 Å². The third-order valence-corrected chi connectivity index (χ3v) is 6.11. The summed E-state index contributed by atoms with van der Waals surface area (Å²) in [7, 11) is 1.49. The standard InChI is InChI=1S/C22H17ClN2O4S/c1-29-14-6-7-16(23)15(10-14)20(26)18-19(17-5-3-9-30-17)25(22(28)21(18)27)12-13-4-2-8-24-11-13/h2-11,19,26H,12H2,1H3/b20-18-. The smallest absolute Gasteiger partial charge is 0.295 e. The number of Topliss-reactive ketones (excluding diaryl/α,β-unsaturated/α-hetero) is 1. The molecule has 1 aromatic carbocycles. The van der Waals surface area contributed by atoms with Gasteiger partial charge in [-0.15, -0.1) is 11.3 Å². The highest BCUT2D eigenvalue weighted by Crippen LogP contribution is 2.43. The molecule has 4 rings (SSSR count). The number of likely N-dealkylation sites (tertiary alicyclic amines) is 1. The second-order valence-electron chi connectivity index (χ2n) is 6.65. The molecule has 2 aromatic heterocycles. The fourth-order valence-electron chi connectivity index (χ4n) is 3.43. The molecule has 3 aromatic rings. The zero-order chi connectivity index (χ0) is 21.3. The number of benzene rings is 1. The first-order chi connectivity index (χ1) is 14.5. The number of pyridine rings is 1. The molecule has 0 spiro atoms. The Morgan fingerprint density at radius 2 is 2.10 bits per heavy atom. The summed E-state index contributed by atoms with van der Waals surface area (Å²) < 4.78 is 5.21. The third kappa shape index (κ3) is 3.58. The number of carbonyl (C=O) groups excluding carboxylic acids is 2. The Kier molecular flexibility index (Phi) is 5.57. The van der Waals surface area contributed by atoms with Gasteiger partial charge < -0.3 is 14.7 Å². The van der Waals surface area contributed by atoms with E-state index in [4.69, 9.17) is 16.3 Å². The van der Waals surface area contributed by atoms with Crippen LogP contribution in [-0.2, 0) is 16.1 Å². The minimum Gasteiger partial charge on any atom is -0.507 e. The molecular formula is C22H17ClN2O4S. The second-order valence-corrected chi connectivity index (χ2v) is 8.04. The van der Waals surface area contributed by atoms with Gasteiger partial charge in [0.15, 0.2) is 0 Å². The number of aliphatic hydroxyl groups excluding tert-OH is 1. The van der Waals surface area contributed by atoms with Crippen molar-refractivity contribution in [1.82, 2.24) is 9.88 Å². The number of hydrogen-bond acceptors (Lipinski definition) is 6. The van der Waals surface area contributed by atoms with E-state index in [2.05, 4.69) is 4.98 Å². The van der Waals surface area contributed by atoms with Gasteiger partial charge in [-0.05, 0) is 41.3 Å². The lowest BCUT2D eigenvalue weighted by Gasteiger charge is -2.24. The van der Waals surface area contributed by atoms with Gasteiger partial charge in [-0.1, -0.05) is 23.7 Å². The summed E-state index contributed by atoms with van der Waals surface area (Å²) in [5.41, 5.74) is 1.01. The molecule has 1 amide bonds. The van der Waals surface area contributed by atoms with Crippen LogP contribution in [0.5, 0.6) is 5.75 Å². The normalized spacial score (nSPS) is 18.1. The first-order valence-corrected chi connectivity index (χ1v) is 10.3. The topological polar surface area (TPSA) is 79.7 Å². The highest BCUT2D eigenvalue weighted by molar-refractivity contribution is 7.10. The Balaban J connectivity index is 1.86. The van der Waals surface area contributed by atoms with Crippen molar-refractivity contribution in [3.63, 3.8) is 0 Å². The van der Waals surface area contributed by atoms with Crippen LogP contribution in [0.2, 0.25) is 5.02 Å². The van der Waals surface area contributed by atoms with Gasteiger partial charge in [-0.3, -0.25) is 14.6 Å². The monoisotopic (exact) mass is 440 g/mol. The van der Waals surface area contributed by atoms with Gasteiger partial charge in [0.25, 0.3) is 11.7 Å². The summed E-state index contributed by atoms with van der Waals surface area (Å²) in [4.78, 5) is 32.2. The molecule has 1 aliphatic heterocycles. The lowest BCUT2D eigenvalue weighted by atomic mass is 9.99. The minimum atomic E-state index is -0.756. The number of methoxy groups -OCH3 is 1. The molecule has 1 saturated heterocycles. The molecule has 6 nitrogen and oxygen atoms in total. The number of ether oxygens (including phenoxy) is 1. The Labute approximate surface area is 182 Å². The Hall–Kier alpha value is -3.16. The zero-order valence-corrected chi connectivity index (χ0v) is 17.5. The number of nitrogens with zero attached hydrogens (tertiary/aromatic N) is 2. The summed E-state index contributed by atoms with van der Waals surface area (Å²) >= 11 is 7.69. The molecule has 1 fully saturated rings. The van der Waals surface area contributed by atoms with Crippen LogP contribution in [0.25, 0.3) is 5.76 Å². The van der Waals surface area contributed by atoms with Crippen molar-refractivity contribution in [1.29, 1.82) is 0 Å². The number of amides is 1. The zero-order valence-electron chi connectivity index (χ0n) is 15.9. The number of aromatic nitrogens is 1. The quantitative estimate of drug-likeness (QED) is 0.360. The van der Waals surface area contributed by atoms with Crippen LogP contribution in [-0.4, -0.2) is 33.8 Å². The minimum absolute atomic E-state index is 0.00138. The average molecular weight is 441 g/mol. The van der Waals surface area contributed by atoms with Crippen LogP contribution in [0.1, 0.15) is 22.0 Å². The molecule has 8 heteroatoms. The fourth-order valence-corrected chi connectivity index (χ4v) is 4.48. The summed E-state index contributed by atoms with van der Waals surface area (Å²) in [5.74, 6) is -1.30. The van der Waals surface area contributed by atoms with E-state index in [9.17, 15) is 14.7 Å². The molecule has 152 valence electrons. The van der Waals surface area contributed by atoms with Crippen molar-refractivity contribution < 1.29 is 19.4 Å². The summed E-state index contributed by atoms with van der Waals surface area (Å²) in [6, 6.07) is 11.3. The van der Waals surface area contributed by atoms with Gasteiger partial charge in [0.1, 0.15) is 11.5 Å². The Morgan fingerprint density at radius 3 is 2.77 bits per heavy atom. The number of rotatable bonds is 5. The van der Waals surface area contributed by atoms with Crippen LogP contribution in [0.15, 0.2) is 65.8 Å². The molecule has 0 bridgehead atoms. The molecule has 1 unspecified atom stereocenters. The maximum Gasteiger partial charge on any atom is 0.295 e. The van der Waals surface area contributed by atoms with Gasteiger partial charge in [-0.2, -0.15) is 0 Å². The van der Waals surface area contributed by atoms with Gasteiger partial charge in [-0.25, -0.2) is 0 Å². The van der Waals surface area contributed by atoms with Gasteiger partial charge in [0.05, 0.1) is 23.7 Å². The van der Waals surface area contributed by atoms with Gasteiger partial charge in [0, 0.05) is 29.4 Å². The van der Waals surface area contributed by atoms with Crippen molar-refractivity contribution in [3.8, 4) is 5.75 Å². The Morgan fingerprint density at radius 1 is 1.27 bits per heavy atom. The van der Waals surface area contributed by atoms with Crippen molar-refractivity contribution >= 4 is 40.4 Å². The first-order valence-electron chi connectivity index (χ1n) is 9.06. The molecule has 1 aliphatic rings. The van der Waals surface area contributed by atoms with E-state index in [0.29, 0.717) is 5.75 Å². The molecule has 1 N–H and O–H groups in total. The Bertz CT molecular complexity index is 1130. The van der Waals surface area contributed by atoms with Crippen LogP contribution in [0.4, 0.5) is 0 Å². The van der Waals surface area contributed by atoms with Gasteiger partial charge >= 0.3 is 0 Å². The molecule has 0 aliphatic carbocycles. The largest absolute Gasteiger partial charge is 0.507 e. The lowest BCUT2D eigenvalue weighted by molar-refractivity contribution is -0.140. The molecule has 3 heterocycles. The van der Waals surface area contributed by atoms with Gasteiger partial charge in [0.2, 0.25) is 0 Å². The molecule has 30 heavy (non-hydrogen) atoms. The SMILES string of the molecule is COc1ccc(Cl)c(/C(O)=C2/C(=O)C(=O)N(Cc3cccnc3)C2c2cccs2)c1. The van der Waals surface area contributed by atoms with Crippen molar-refractivity contribution in [2.75, 3.05) is 7.11 Å². The van der Waals surface area contributed by atoms with Crippen LogP contribution in [0.3, 0.4) is 0 Å². The average Bonchev–Trinajstić information content (AvgIpc) is 3.37. The predicted molar refractivity (Wildman–Crippen MR) is 114 cm³/mol. The second kappa shape index (κ2) is 8.30. The summed E-state index contributed by atoms with van der Waals surface area (Å²) in [6.07, 6.45) is 3.28. The van der Waals surface area contributed by atoms with E-state index in [1.165, 1.54) is 29.4 Å². The number of ketones is 1. The molecule has 1 atom stereocenters. The number of halogens is 1. The highest BCUT2D eigenvalue weighted by Gasteiger charge is 2.46. The summed E-state index contributed by atoms with van der Waals surface area (Å²) in [5, 5.41) is 13.2. The van der Waals surface area contributed by atoms with Crippen LogP contribution < -0.4 is 4.74 Å². The molecule has 0 radical (unpaired) electrons. The first kappa shape index (κ1) is 20.1. The molecule has 0 saturated carbocycles. The van der Waals surface area contributed by atoms with Crippen molar-refractivity contribution in [2.45, 2.75) is 12.6 Å². The predicted octanol–water partition coefficient (Wildman–Crippen LogP) is 4.43. The van der Waals surface area contributed by atoms with E-state index in [-0.39, 0.29) is 28.5 Å². The van der Waals surface area contributed by atoms with Crippen molar-refractivity contribution in [3.05, 3.63) is 86.8 Å². The lowest BCUT2D eigenvalue weighted by Crippen LogP contribution is -2.28. The maximum atomic E-state index is 13.0. The van der Waals surface area contributed by atoms with E-state index in [1.807, 2.05) is 23.6 Å². The maximum absolute atomic E-state index is 13.0. The highest BCUT2D eigenvalue weighted by atomic mass is 35.5. The number of carbonyl (C=O) groups is 2. The van der Waals surface area contributed by atoms with E-state index in [1.54, 1.807) is 30.6 Å². The number of hydrogen-bond donors (Lipinski definition) is 1. The van der Waals surface area contributed by atoms with E-state index >= 15 is 0 Å². The summed E-state index contributed by atoms with van der Waals surface area (Å²) in [6.45, 7) is 0.184. The number of aliphatic hydroxyl groups is 1. The fraction of sp³-hybridized carbons (Fsp3) is 0.136. The third-order valence-electron chi connectivity index (χ3n) is 4.86. The molecular weight excluding hydrogens is 424 g/mol. The number of thiophene rings is 1.